The topological polar surface area (TPSA) is 32.3 Å². The van der Waals surface area contributed by atoms with Crippen molar-refractivity contribution in [1.82, 2.24) is 5.32 Å². The van der Waals surface area contributed by atoms with E-state index in [2.05, 4.69) is 36.5 Å². The minimum atomic E-state index is 0.274. The SMILES string of the molecule is CCCNC1c2ccccc2CC1CO. The number of hydrogen-bond donors (Lipinski definition) is 2. The molecule has 1 aliphatic carbocycles. The highest BCUT2D eigenvalue weighted by Gasteiger charge is 2.30. The Hall–Kier alpha value is -0.860. The summed E-state index contributed by atoms with van der Waals surface area (Å²) in [6.07, 6.45) is 2.14. The van der Waals surface area contributed by atoms with Crippen molar-refractivity contribution >= 4 is 0 Å². The number of rotatable bonds is 4. The van der Waals surface area contributed by atoms with Crippen LogP contribution in [0.4, 0.5) is 0 Å². The number of nitrogens with one attached hydrogen (secondary N) is 1. The van der Waals surface area contributed by atoms with Crippen LogP contribution in [-0.4, -0.2) is 18.3 Å². The van der Waals surface area contributed by atoms with E-state index < -0.39 is 0 Å². The van der Waals surface area contributed by atoms with Crippen LogP contribution in [0.2, 0.25) is 0 Å². The Morgan fingerprint density at radius 3 is 2.93 bits per heavy atom. The Balaban J connectivity index is 2.18. The van der Waals surface area contributed by atoms with Gasteiger partial charge in [0.15, 0.2) is 0 Å². The van der Waals surface area contributed by atoms with E-state index in [0.717, 1.165) is 19.4 Å². The molecule has 1 aromatic carbocycles. The van der Waals surface area contributed by atoms with Crippen molar-refractivity contribution in [3.05, 3.63) is 35.4 Å². The first-order valence-electron chi connectivity index (χ1n) is 5.78. The Morgan fingerprint density at radius 1 is 1.40 bits per heavy atom. The summed E-state index contributed by atoms with van der Waals surface area (Å²) in [6, 6.07) is 8.87. The zero-order chi connectivity index (χ0) is 10.7. The lowest BCUT2D eigenvalue weighted by molar-refractivity contribution is 0.200. The van der Waals surface area contributed by atoms with Crippen molar-refractivity contribution in [2.24, 2.45) is 5.92 Å². The molecule has 0 amide bonds. The summed E-state index contributed by atoms with van der Waals surface area (Å²) >= 11 is 0. The molecule has 2 N–H and O–H groups in total. The fourth-order valence-corrected chi connectivity index (χ4v) is 2.42. The van der Waals surface area contributed by atoms with Crippen molar-refractivity contribution in [3.63, 3.8) is 0 Å². The van der Waals surface area contributed by atoms with Crippen LogP contribution in [0.15, 0.2) is 24.3 Å². The maximum Gasteiger partial charge on any atom is 0.0480 e. The van der Waals surface area contributed by atoms with E-state index in [0.29, 0.717) is 12.0 Å². The Morgan fingerprint density at radius 2 is 2.20 bits per heavy atom. The number of benzene rings is 1. The maximum atomic E-state index is 9.37. The van der Waals surface area contributed by atoms with Gasteiger partial charge in [0.2, 0.25) is 0 Å². The van der Waals surface area contributed by atoms with Crippen LogP contribution in [0, 0.1) is 5.92 Å². The van der Waals surface area contributed by atoms with E-state index in [-0.39, 0.29) is 6.61 Å². The van der Waals surface area contributed by atoms with Crippen molar-refractivity contribution in [2.75, 3.05) is 13.2 Å². The molecule has 0 aliphatic heterocycles. The predicted octanol–water partition coefficient (Wildman–Crippen LogP) is 1.89. The van der Waals surface area contributed by atoms with Crippen LogP contribution >= 0.6 is 0 Å². The van der Waals surface area contributed by atoms with Gasteiger partial charge < -0.3 is 10.4 Å². The molecule has 82 valence electrons. The van der Waals surface area contributed by atoms with Crippen molar-refractivity contribution in [3.8, 4) is 0 Å². The van der Waals surface area contributed by atoms with Crippen LogP contribution in [0.5, 0.6) is 0 Å². The highest BCUT2D eigenvalue weighted by atomic mass is 16.3. The normalized spacial score (nSPS) is 24.1. The van der Waals surface area contributed by atoms with Gasteiger partial charge in [-0.1, -0.05) is 31.2 Å². The van der Waals surface area contributed by atoms with Gasteiger partial charge in [0.25, 0.3) is 0 Å². The van der Waals surface area contributed by atoms with E-state index in [1.807, 2.05) is 0 Å². The molecule has 2 heteroatoms. The monoisotopic (exact) mass is 205 g/mol. The molecule has 1 aromatic rings. The number of hydrogen-bond acceptors (Lipinski definition) is 2. The van der Waals surface area contributed by atoms with Crippen molar-refractivity contribution in [2.45, 2.75) is 25.8 Å². The lowest BCUT2D eigenvalue weighted by Crippen LogP contribution is -2.27. The molecule has 2 atom stereocenters. The number of aliphatic hydroxyl groups excluding tert-OH is 1. The van der Waals surface area contributed by atoms with Gasteiger partial charge >= 0.3 is 0 Å². The van der Waals surface area contributed by atoms with Gasteiger partial charge in [-0.15, -0.1) is 0 Å². The first-order chi connectivity index (χ1) is 7.36. The molecule has 2 rings (SSSR count). The van der Waals surface area contributed by atoms with E-state index in [1.54, 1.807) is 0 Å². The lowest BCUT2D eigenvalue weighted by Gasteiger charge is -2.19. The second-order valence-electron chi connectivity index (χ2n) is 4.28. The minimum absolute atomic E-state index is 0.274. The molecule has 0 spiro atoms. The summed E-state index contributed by atoms with van der Waals surface area (Å²) in [5.74, 6) is 0.356. The fourth-order valence-electron chi connectivity index (χ4n) is 2.42. The summed E-state index contributed by atoms with van der Waals surface area (Å²) < 4.78 is 0. The molecular weight excluding hydrogens is 186 g/mol. The first-order valence-corrected chi connectivity index (χ1v) is 5.78. The zero-order valence-corrected chi connectivity index (χ0v) is 9.24. The molecule has 0 bridgehead atoms. The summed E-state index contributed by atoms with van der Waals surface area (Å²) in [7, 11) is 0. The van der Waals surface area contributed by atoms with Gasteiger partial charge in [-0.25, -0.2) is 0 Å². The van der Waals surface area contributed by atoms with Crippen LogP contribution in [0.1, 0.15) is 30.5 Å². The van der Waals surface area contributed by atoms with E-state index in [1.165, 1.54) is 11.1 Å². The molecule has 2 nitrogen and oxygen atoms in total. The zero-order valence-electron chi connectivity index (χ0n) is 9.24. The van der Waals surface area contributed by atoms with Crippen LogP contribution in [0.3, 0.4) is 0 Å². The van der Waals surface area contributed by atoms with Crippen molar-refractivity contribution < 1.29 is 5.11 Å². The molecule has 2 unspecified atom stereocenters. The van der Waals surface area contributed by atoms with Crippen molar-refractivity contribution in [1.29, 1.82) is 0 Å². The van der Waals surface area contributed by atoms with Gasteiger partial charge in [-0.2, -0.15) is 0 Å². The van der Waals surface area contributed by atoms with Gasteiger partial charge in [0.1, 0.15) is 0 Å². The standard InChI is InChI=1S/C13H19NO/c1-2-7-14-13-11(9-15)8-10-5-3-4-6-12(10)13/h3-6,11,13-15H,2,7-9H2,1H3. The average Bonchev–Trinajstić information content (AvgIpc) is 2.64. The molecule has 0 saturated heterocycles. The molecule has 0 heterocycles. The summed E-state index contributed by atoms with van der Waals surface area (Å²) in [4.78, 5) is 0. The molecule has 15 heavy (non-hydrogen) atoms. The summed E-state index contributed by atoms with van der Waals surface area (Å²) in [5, 5.41) is 12.9. The average molecular weight is 205 g/mol. The smallest absolute Gasteiger partial charge is 0.0480 e. The van der Waals surface area contributed by atoms with Gasteiger partial charge in [0.05, 0.1) is 0 Å². The van der Waals surface area contributed by atoms with Gasteiger partial charge in [-0.05, 0) is 30.5 Å². The molecule has 1 aliphatic rings. The third kappa shape index (κ3) is 2.06. The summed E-state index contributed by atoms with van der Waals surface area (Å²) in [5.41, 5.74) is 2.77. The van der Waals surface area contributed by atoms with Crippen LogP contribution < -0.4 is 5.32 Å². The Labute approximate surface area is 91.3 Å². The largest absolute Gasteiger partial charge is 0.396 e. The van der Waals surface area contributed by atoms with E-state index in [4.69, 9.17) is 0 Å². The minimum Gasteiger partial charge on any atom is -0.396 e. The van der Waals surface area contributed by atoms with Crippen LogP contribution in [-0.2, 0) is 6.42 Å². The van der Waals surface area contributed by atoms with Gasteiger partial charge in [0, 0.05) is 18.6 Å². The summed E-state index contributed by atoms with van der Waals surface area (Å²) in [6.45, 7) is 3.47. The number of fused-ring (bicyclic) bond motifs is 1. The van der Waals surface area contributed by atoms with E-state index >= 15 is 0 Å². The predicted molar refractivity (Wildman–Crippen MR) is 61.8 cm³/mol. The van der Waals surface area contributed by atoms with Gasteiger partial charge in [-0.3, -0.25) is 0 Å². The second kappa shape index (κ2) is 4.77. The lowest BCUT2D eigenvalue weighted by atomic mass is 10.0. The number of aliphatic hydroxyl groups is 1. The highest BCUT2D eigenvalue weighted by molar-refractivity contribution is 5.35. The highest BCUT2D eigenvalue weighted by Crippen LogP contribution is 2.35. The van der Waals surface area contributed by atoms with Crippen LogP contribution in [0.25, 0.3) is 0 Å². The molecular formula is C13H19NO. The Kier molecular flexibility index (Phi) is 3.39. The third-order valence-corrected chi connectivity index (χ3v) is 3.19. The molecule has 0 saturated carbocycles. The molecule has 0 aromatic heterocycles. The second-order valence-corrected chi connectivity index (χ2v) is 4.28. The quantitative estimate of drug-likeness (QED) is 0.786. The maximum absolute atomic E-state index is 9.37. The molecule has 0 radical (unpaired) electrons. The van der Waals surface area contributed by atoms with E-state index in [9.17, 15) is 5.11 Å². The molecule has 0 fully saturated rings. The fraction of sp³-hybridized carbons (Fsp3) is 0.538. The third-order valence-electron chi connectivity index (χ3n) is 3.19. The Bertz CT molecular complexity index is 324. The first kappa shape index (κ1) is 10.7.